The minimum atomic E-state index is -0.287. The second-order valence-corrected chi connectivity index (χ2v) is 1.98. The molecular weight excluding hydrogens is 315 g/mol. The molecule has 1 nitrogen and oxygen atoms in total. The maximum Gasteiger partial charge on any atom is 0.0695 e. The van der Waals surface area contributed by atoms with Gasteiger partial charge in [-0.25, -0.2) is 0 Å². The van der Waals surface area contributed by atoms with Crippen molar-refractivity contribution in [3.8, 4) is 0 Å². The molecule has 0 saturated carbocycles. The van der Waals surface area contributed by atoms with E-state index in [9.17, 15) is 0 Å². The van der Waals surface area contributed by atoms with Crippen molar-refractivity contribution in [2.24, 2.45) is 0 Å². The van der Waals surface area contributed by atoms with Crippen LogP contribution in [0.1, 0.15) is 20.8 Å². The summed E-state index contributed by atoms with van der Waals surface area (Å²) in [5.74, 6) is 0. The molecule has 45 valence electrons. The Morgan fingerprint density at radius 1 is 1.50 bits per heavy atom. The minimum Gasteiger partial charge on any atom is -0.389 e. The zero-order valence-electron chi connectivity index (χ0n) is 5.68. The molecule has 2 heteroatoms. The molecule has 0 aliphatic heterocycles. The molecule has 0 bridgehead atoms. The van der Waals surface area contributed by atoms with Crippen molar-refractivity contribution < 1.29 is 49.2 Å². The molecule has 0 aliphatic carbocycles. The zero-order valence-corrected chi connectivity index (χ0v) is 10.4. The van der Waals surface area contributed by atoms with Gasteiger partial charge >= 0.3 is 0 Å². The van der Waals surface area contributed by atoms with Crippen LogP contribution in [0, 0.1) is 44.1 Å². The third kappa shape index (κ3) is 10.2. The molecule has 0 aromatic carbocycles. The molecule has 0 spiro atoms. The van der Waals surface area contributed by atoms with Crippen LogP contribution in [0.2, 0.25) is 0 Å². The maximum absolute atomic E-state index is 8.65. The molecule has 0 aromatic heterocycles. The Labute approximate surface area is 86.7 Å². The molecule has 1 unspecified atom stereocenters. The molecule has 1 atom stereocenters. The molecule has 8 heavy (non-hydrogen) atoms. The van der Waals surface area contributed by atoms with Gasteiger partial charge in [0.05, 0.1) is 6.10 Å². The summed E-state index contributed by atoms with van der Waals surface area (Å²) >= 11 is 0. The van der Waals surface area contributed by atoms with Crippen LogP contribution in [0.4, 0.5) is 0 Å². The van der Waals surface area contributed by atoms with Crippen LogP contribution in [0.25, 0.3) is 0 Å². The molecule has 0 rings (SSSR count). The Morgan fingerprint density at radius 2 is 1.88 bits per heavy atom. The Kier molecular flexibility index (Phi) is 9.30. The van der Waals surface area contributed by atoms with Gasteiger partial charge in [0.25, 0.3) is 0 Å². The number of aliphatic hydroxyl groups is 1. The molecule has 0 aromatic rings. The number of hydrogen-bond acceptors (Lipinski definition) is 1. The molecule has 1 radical (unpaired) electrons. The normalized spacial score (nSPS) is 11.5. The first-order chi connectivity index (χ1) is 3.13. The third-order valence-corrected chi connectivity index (χ3v) is 0.575. The van der Waals surface area contributed by atoms with Crippen LogP contribution in [0.15, 0.2) is 11.6 Å². The van der Waals surface area contributed by atoms with Gasteiger partial charge < -0.3 is 5.11 Å². The average molecular weight is 327 g/mol. The standard InChI is InChI=1S/C6H12O.Ac/c1-5(2)4-6(3)7;/h4,6-7H,1-3H3;. The van der Waals surface area contributed by atoms with E-state index in [0.29, 0.717) is 0 Å². The summed E-state index contributed by atoms with van der Waals surface area (Å²) in [6.07, 6.45) is 1.52. The van der Waals surface area contributed by atoms with Gasteiger partial charge in [-0.15, -0.1) is 0 Å². The van der Waals surface area contributed by atoms with Gasteiger partial charge in [-0.3, -0.25) is 0 Å². The van der Waals surface area contributed by atoms with Crippen LogP contribution in [-0.4, -0.2) is 11.2 Å². The van der Waals surface area contributed by atoms with Crippen LogP contribution < -0.4 is 0 Å². The monoisotopic (exact) mass is 327 g/mol. The number of allylic oxidation sites excluding steroid dienone is 1. The Balaban J connectivity index is 0. The first kappa shape index (κ1) is 11.9. The van der Waals surface area contributed by atoms with E-state index in [0.717, 1.165) is 5.57 Å². The summed E-state index contributed by atoms with van der Waals surface area (Å²) in [5.41, 5.74) is 1.16. The second-order valence-electron chi connectivity index (χ2n) is 1.98. The van der Waals surface area contributed by atoms with Crippen molar-refractivity contribution in [3.05, 3.63) is 11.6 Å². The van der Waals surface area contributed by atoms with Crippen LogP contribution in [0.5, 0.6) is 0 Å². The summed E-state index contributed by atoms with van der Waals surface area (Å²) in [6, 6.07) is 0. The maximum atomic E-state index is 8.65. The fourth-order valence-electron chi connectivity index (χ4n) is 0.482. The molecule has 0 aliphatic rings. The summed E-state index contributed by atoms with van der Waals surface area (Å²) in [7, 11) is 0. The first-order valence-electron chi connectivity index (χ1n) is 2.46. The van der Waals surface area contributed by atoms with Gasteiger partial charge in [0.15, 0.2) is 0 Å². The number of rotatable bonds is 1. The van der Waals surface area contributed by atoms with E-state index in [1.54, 1.807) is 13.0 Å². The van der Waals surface area contributed by atoms with Gasteiger partial charge in [-0.05, 0) is 20.8 Å². The quantitative estimate of drug-likeness (QED) is 0.721. The Hall–Kier alpha value is 1.14. The van der Waals surface area contributed by atoms with Crippen molar-refractivity contribution in [3.63, 3.8) is 0 Å². The third-order valence-electron chi connectivity index (χ3n) is 0.575. The number of hydrogen-bond donors (Lipinski definition) is 1. The van der Waals surface area contributed by atoms with E-state index in [-0.39, 0.29) is 50.2 Å². The Morgan fingerprint density at radius 3 is 1.88 bits per heavy atom. The van der Waals surface area contributed by atoms with Crippen molar-refractivity contribution in [2.75, 3.05) is 0 Å². The van der Waals surface area contributed by atoms with Crippen LogP contribution >= 0.6 is 0 Å². The summed E-state index contributed by atoms with van der Waals surface area (Å²) in [4.78, 5) is 0. The van der Waals surface area contributed by atoms with Crippen molar-refractivity contribution in [1.29, 1.82) is 0 Å². The fraction of sp³-hybridized carbons (Fsp3) is 0.667. The molecule has 0 heterocycles. The van der Waals surface area contributed by atoms with E-state index < -0.39 is 0 Å². The van der Waals surface area contributed by atoms with E-state index in [2.05, 4.69) is 0 Å². The van der Waals surface area contributed by atoms with E-state index in [1.807, 2.05) is 13.8 Å². The van der Waals surface area contributed by atoms with Crippen molar-refractivity contribution in [2.45, 2.75) is 26.9 Å². The minimum absolute atomic E-state index is 0. The van der Waals surface area contributed by atoms with E-state index >= 15 is 0 Å². The molecule has 0 fully saturated rings. The van der Waals surface area contributed by atoms with Crippen molar-refractivity contribution in [1.82, 2.24) is 0 Å². The topological polar surface area (TPSA) is 20.2 Å². The fourth-order valence-corrected chi connectivity index (χ4v) is 0.482. The Bertz CT molecular complexity index is 72.6. The summed E-state index contributed by atoms with van der Waals surface area (Å²) in [5, 5.41) is 8.65. The van der Waals surface area contributed by atoms with E-state index in [1.165, 1.54) is 0 Å². The average Bonchev–Trinajstić information content (AvgIpc) is 1.27. The zero-order chi connectivity index (χ0) is 5.86. The smallest absolute Gasteiger partial charge is 0.0695 e. The second kappa shape index (κ2) is 6.26. The molecule has 1 N–H and O–H groups in total. The van der Waals surface area contributed by atoms with E-state index in [4.69, 9.17) is 5.11 Å². The van der Waals surface area contributed by atoms with Crippen LogP contribution in [0.3, 0.4) is 0 Å². The number of aliphatic hydroxyl groups excluding tert-OH is 1. The molecule has 0 saturated heterocycles. The van der Waals surface area contributed by atoms with Gasteiger partial charge in [0, 0.05) is 44.1 Å². The van der Waals surface area contributed by atoms with Crippen LogP contribution in [-0.2, 0) is 0 Å². The van der Waals surface area contributed by atoms with Gasteiger partial charge in [0.2, 0.25) is 0 Å². The van der Waals surface area contributed by atoms with Gasteiger partial charge in [0.1, 0.15) is 0 Å². The summed E-state index contributed by atoms with van der Waals surface area (Å²) < 4.78 is 0. The van der Waals surface area contributed by atoms with Crippen molar-refractivity contribution >= 4 is 0 Å². The molecule has 0 amide bonds. The summed E-state index contributed by atoms with van der Waals surface area (Å²) in [6.45, 7) is 5.67. The molecular formula is C6H12AcO. The first-order valence-corrected chi connectivity index (χ1v) is 2.46. The predicted molar refractivity (Wildman–Crippen MR) is 31.1 cm³/mol. The van der Waals surface area contributed by atoms with Gasteiger partial charge in [-0.2, -0.15) is 0 Å². The predicted octanol–water partition coefficient (Wildman–Crippen LogP) is 1.33. The largest absolute Gasteiger partial charge is 0.389 e. The van der Waals surface area contributed by atoms with Gasteiger partial charge in [-0.1, -0.05) is 11.6 Å². The SMILES string of the molecule is CC(C)=CC(C)O.[Ac].